The molecule has 0 fully saturated rings. The Kier molecular flexibility index (Phi) is 6.03. The number of hydrogen-bond donors (Lipinski definition) is 2. The van der Waals surface area contributed by atoms with Gasteiger partial charge in [-0.2, -0.15) is 0 Å². The highest BCUT2D eigenvalue weighted by Crippen LogP contribution is 2.16. The molecule has 0 aliphatic rings. The summed E-state index contributed by atoms with van der Waals surface area (Å²) >= 11 is 3.43. The third-order valence-electron chi connectivity index (χ3n) is 2.76. The van der Waals surface area contributed by atoms with Gasteiger partial charge in [0.05, 0.1) is 0 Å². The summed E-state index contributed by atoms with van der Waals surface area (Å²) in [7, 11) is 0. The van der Waals surface area contributed by atoms with Crippen LogP contribution in [0.1, 0.15) is 31.9 Å². The van der Waals surface area contributed by atoms with Gasteiger partial charge in [-0.3, -0.25) is 0 Å². The van der Waals surface area contributed by atoms with Gasteiger partial charge in [0, 0.05) is 17.1 Å². The molecule has 0 heterocycles. The Hall–Kier alpha value is -0.380. The van der Waals surface area contributed by atoms with Crippen molar-refractivity contribution in [3.63, 3.8) is 0 Å². The van der Waals surface area contributed by atoms with E-state index in [2.05, 4.69) is 59.4 Å². The SMILES string of the molecule is CC(CCO)CNC(C)c1ccc(Br)cc1. The van der Waals surface area contributed by atoms with Gasteiger partial charge >= 0.3 is 0 Å². The van der Waals surface area contributed by atoms with Crippen molar-refractivity contribution in [2.24, 2.45) is 5.92 Å². The minimum Gasteiger partial charge on any atom is -0.396 e. The van der Waals surface area contributed by atoms with Crippen LogP contribution < -0.4 is 5.32 Å². The highest BCUT2D eigenvalue weighted by Gasteiger charge is 2.06. The third kappa shape index (κ3) is 4.64. The van der Waals surface area contributed by atoms with E-state index in [1.807, 2.05) is 0 Å². The van der Waals surface area contributed by atoms with Gasteiger partial charge in [0.15, 0.2) is 0 Å². The van der Waals surface area contributed by atoms with Crippen LogP contribution in [-0.2, 0) is 0 Å². The number of nitrogens with one attached hydrogen (secondary N) is 1. The van der Waals surface area contributed by atoms with Crippen LogP contribution in [-0.4, -0.2) is 18.3 Å². The molecule has 1 aromatic rings. The predicted molar refractivity (Wildman–Crippen MR) is 71.4 cm³/mol. The van der Waals surface area contributed by atoms with Crippen molar-refractivity contribution in [3.05, 3.63) is 34.3 Å². The summed E-state index contributed by atoms with van der Waals surface area (Å²) in [6.45, 7) is 5.53. The Bertz CT molecular complexity index is 299. The fourth-order valence-corrected chi connectivity index (χ4v) is 1.83. The van der Waals surface area contributed by atoms with Crippen LogP contribution >= 0.6 is 15.9 Å². The van der Waals surface area contributed by atoms with Crippen LogP contribution in [0.2, 0.25) is 0 Å². The maximum atomic E-state index is 8.82. The summed E-state index contributed by atoms with van der Waals surface area (Å²) in [6.07, 6.45) is 0.861. The molecular weight excluding hydrogens is 266 g/mol. The lowest BCUT2D eigenvalue weighted by atomic mass is 10.1. The van der Waals surface area contributed by atoms with Crippen molar-refractivity contribution in [2.45, 2.75) is 26.3 Å². The maximum Gasteiger partial charge on any atom is 0.0434 e. The molecule has 1 aromatic carbocycles. The van der Waals surface area contributed by atoms with Crippen molar-refractivity contribution >= 4 is 15.9 Å². The summed E-state index contributed by atoms with van der Waals surface area (Å²) in [4.78, 5) is 0. The van der Waals surface area contributed by atoms with Gasteiger partial charge in [0.2, 0.25) is 0 Å². The number of benzene rings is 1. The number of rotatable bonds is 6. The van der Waals surface area contributed by atoms with Crippen molar-refractivity contribution in [2.75, 3.05) is 13.2 Å². The molecule has 3 heteroatoms. The van der Waals surface area contributed by atoms with Gasteiger partial charge < -0.3 is 10.4 Å². The van der Waals surface area contributed by atoms with E-state index in [0.717, 1.165) is 17.4 Å². The van der Waals surface area contributed by atoms with E-state index in [4.69, 9.17) is 5.11 Å². The van der Waals surface area contributed by atoms with Crippen molar-refractivity contribution < 1.29 is 5.11 Å². The van der Waals surface area contributed by atoms with E-state index >= 15 is 0 Å². The summed E-state index contributed by atoms with van der Waals surface area (Å²) in [5, 5.41) is 12.3. The molecule has 0 aromatic heterocycles. The first kappa shape index (κ1) is 13.7. The highest BCUT2D eigenvalue weighted by atomic mass is 79.9. The van der Waals surface area contributed by atoms with E-state index in [9.17, 15) is 0 Å². The van der Waals surface area contributed by atoms with Crippen LogP contribution in [0.4, 0.5) is 0 Å². The molecule has 2 nitrogen and oxygen atoms in total. The standard InChI is InChI=1S/C13H20BrNO/c1-10(7-8-16)9-15-11(2)12-3-5-13(14)6-4-12/h3-6,10-11,15-16H,7-9H2,1-2H3. The molecule has 0 aliphatic carbocycles. The Labute approximate surface area is 106 Å². The first-order chi connectivity index (χ1) is 7.63. The zero-order valence-electron chi connectivity index (χ0n) is 9.91. The molecule has 0 saturated heterocycles. The van der Waals surface area contributed by atoms with Crippen LogP contribution in [0.5, 0.6) is 0 Å². The van der Waals surface area contributed by atoms with Gasteiger partial charge in [-0.25, -0.2) is 0 Å². The highest BCUT2D eigenvalue weighted by molar-refractivity contribution is 9.10. The Morgan fingerprint density at radius 2 is 1.88 bits per heavy atom. The molecule has 90 valence electrons. The average Bonchev–Trinajstić information content (AvgIpc) is 2.27. The lowest BCUT2D eigenvalue weighted by molar-refractivity contribution is 0.258. The molecule has 0 aliphatic heterocycles. The minimum atomic E-state index is 0.273. The number of aliphatic hydroxyl groups is 1. The molecule has 0 amide bonds. The third-order valence-corrected chi connectivity index (χ3v) is 3.29. The fraction of sp³-hybridized carbons (Fsp3) is 0.538. The second kappa shape index (κ2) is 7.05. The first-order valence-corrected chi connectivity index (χ1v) is 6.52. The van der Waals surface area contributed by atoms with Crippen molar-refractivity contribution in [1.82, 2.24) is 5.32 Å². The quantitative estimate of drug-likeness (QED) is 0.842. The number of aliphatic hydroxyl groups excluding tert-OH is 1. The Morgan fingerprint density at radius 3 is 2.44 bits per heavy atom. The molecule has 0 saturated carbocycles. The Balaban J connectivity index is 2.40. The second-order valence-electron chi connectivity index (χ2n) is 4.30. The predicted octanol–water partition coefficient (Wildman–Crippen LogP) is 3.12. The summed E-state index contributed by atoms with van der Waals surface area (Å²) < 4.78 is 1.11. The lowest BCUT2D eigenvalue weighted by Gasteiger charge is -2.17. The number of halogens is 1. The van der Waals surface area contributed by atoms with E-state index in [0.29, 0.717) is 12.0 Å². The normalized spacial score (nSPS) is 14.8. The van der Waals surface area contributed by atoms with E-state index in [-0.39, 0.29) is 6.61 Å². The average molecular weight is 286 g/mol. The zero-order chi connectivity index (χ0) is 12.0. The van der Waals surface area contributed by atoms with Gasteiger partial charge in [-0.15, -0.1) is 0 Å². The van der Waals surface area contributed by atoms with Gasteiger partial charge in [-0.05, 0) is 43.5 Å². The molecular formula is C13H20BrNO. The number of hydrogen-bond acceptors (Lipinski definition) is 2. The van der Waals surface area contributed by atoms with Crippen LogP contribution in [0.15, 0.2) is 28.7 Å². The smallest absolute Gasteiger partial charge is 0.0434 e. The van der Waals surface area contributed by atoms with Crippen LogP contribution in [0.25, 0.3) is 0 Å². The summed E-state index contributed by atoms with van der Waals surface area (Å²) in [5.74, 6) is 0.517. The largest absolute Gasteiger partial charge is 0.396 e. The maximum absolute atomic E-state index is 8.82. The van der Waals surface area contributed by atoms with Gasteiger partial charge in [0.1, 0.15) is 0 Å². The van der Waals surface area contributed by atoms with Crippen LogP contribution in [0, 0.1) is 5.92 Å². The molecule has 2 atom stereocenters. The molecule has 1 rings (SSSR count). The van der Waals surface area contributed by atoms with E-state index < -0.39 is 0 Å². The summed E-state index contributed by atoms with van der Waals surface area (Å²) in [5.41, 5.74) is 1.29. The van der Waals surface area contributed by atoms with E-state index in [1.54, 1.807) is 0 Å². The zero-order valence-corrected chi connectivity index (χ0v) is 11.5. The first-order valence-electron chi connectivity index (χ1n) is 5.73. The molecule has 16 heavy (non-hydrogen) atoms. The minimum absolute atomic E-state index is 0.273. The Morgan fingerprint density at radius 1 is 1.25 bits per heavy atom. The molecule has 0 spiro atoms. The lowest BCUT2D eigenvalue weighted by Crippen LogP contribution is -2.24. The molecule has 2 N–H and O–H groups in total. The monoisotopic (exact) mass is 285 g/mol. The summed E-state index contributed by atoms with van der Waals surface area (Å²) in [6, 6.07) is 8.72. The second-order valence-corrected chi connectivity index (χ2v) is 5.21. The van der Waals surface area contributed by atoms with Crippen molar-refractivity contribution in [3.8, 4) is 0 Å². The molecule has 0 bridgehead atoms. The van der Waals surface area contributed by atoms with E-state index in [1.165, 1.54) is 5.56 Å². The topological polar surface area (TPSA) is 32.3 Å². The van der Waals surface area contributed by atoms with Crippen LogP contribution in [0.3, 0.4) is 0 Å². The van der Waals surface area contributed by atoms with Crippen molar-refractivity contribution in [1.29, 1.82) is 0 Å². The molecule has 2 unspecified atom stereocenters. The molecule has 0 radical (unpaired) electrons. The van der Waals surface area contributed by atoms with Gasteiger partial charge in [0.25, 0.3) is 0 Å². The fourth-order valence-electron chi connectivity index (χ4n) is 1.57. The van der Waals surface area contributed by atoms with Gasteiger partial charge in [-0.1, -0.05) is 35.0 Å².